The van der Waals surface area contributed by atoms with Gasteiger partial charge in [0.2, 0.25) is 0 Å². The molecule has 31 heavy (non-hydrogen) atoms. The fourth-order valence-electron chi connectivity index (χ4n) is 2.57. The summed E-state index contributed by atoms with van der Waals surface area (Å²) in [5.74, 6) is -0.516. The SMILES string of the molecule is COc1ccc(NC(=O)c2ccco2)cc1NC(=S)NC(=O)c1cccc([N+](=O)[O-])c1. The number of furan rings is 1. The van der Waals surface area contributed by atoms with E-state index in [1.165, 1.54) is 37.6 Å². The summed E-state index contributed by atoms with van der Waals surface area (Å²) in [6.07, 6.45) is 1.39. The van der Waals surface area contributed by atoms with E-state index >= 15 is 0 Å². The van der Waals surface area contributed by atoms with E-state index < -0.39 is 16.7 Å². The smallest absolute Gasteiger partial charge is 0.291 e. The number of hydrogen-bond acceptors (Lipinski definition) is 7. The Bertz CT molecular complexity index is 1150. The first-order valence-electron chi connectivity index (χ1n) is 8.77. The molecule has 0 bridgehead atoms. The topological polar surface area (TPSA) is 136 Å². The number of nitro benzene ring substituents is 1. The molecule has 1 aromatic heterocycles. The van der Waals surface area contributed by atoms with E-state index in [0.717, 1.165) is 6.07 Å². The summed E-state index contributed by atoms with van der Waals surface area (Å²) in [5.41, 5.74) is 0.666. The normalized spacial score (nSPS) is 10.1. The first kappa shape index (κ1) is 21.5. The van der Waals surface area contributed by atoms with Gasteiger partial charge in [-0.3, -0.25) is 25.0 Å². The van der Waals surface area contributed by atoms with Gasteiger partial charge >= 0.3 is 0 Å². The predicted molar refractivity (Wildman–Crippen MR) is 116 cm³/mol. The third-order valence-corrected chi connectivity index (χ3v) is 4.20. The van der Waals surface area contributed by atoms with Crippen LogP contribution in [0.2, 0.25) is 0 Å². The first-order chi connectivity index (χ1) is 14.9. The van der Waals surface area contributed by atoms with Gasteiger partial charge in [0.25, 0.3) is 17.5 Å². The molecule has 1 heterocycles. The number of benzene rings is 2. The molecule has 0 saturated heterocycles. The lowest BCUT2D eigenvalue weighted by Crippen LogP contribution is -2.34. The number of hydrogen-bond donors (Lipinski definition) is 3. The zero-order chi connectivity index (χ0) is 22.4. The van der Waals surface area contributed by atoms with E-state index in [4.69, 9.17) is 21.4 Å². The van der Waals surface area contributed by atoms with Gasteiger partial charge in [0.15, 0.2) is 10.9 Å². The maximum Gasteiger partial charge on any atom is 0.291 e. The van der Waals surface area contributed by atoms with Crippen LogP contribution in [0.25, 0.3) is 0 Å². The van der Waals surface area contributed by atoms with Crippen molar-refractivity contribution >= 4 is 46.2 Å². The molecule has 11 heteroatoms. The van der Waals surface area contributed by atoms with Gasteiger partial charge in [0.05, 0.1) is 24.0 Å². The zero-order valence-electron chi connectivity index (χ0n) is 16.1. The number of rotatable bonds is 6. The summed E-state index contributed by atoms with van der Waals surface area (Å²) in [5, 5.41) is 18.7. The van der Waals surface area contributed by atoms with Crippen molar-refractivity contribution in [3.63, 3.8) is 0 Å². The van der Waals surface area contributed by atoms with Crippen LogP contribution in [0.15, 0.2) is 65.3 Å². The van der Waals surface area contributed by atoms with Crippen LogP contribution in [-0.4, -0.2) is 29.0 Å². The number of amides is 2. The number of methoxy groups -OCH3 is 1. The average molecular weight is 440 g/mol. The van der Waals surface area contributed by atoms with Crippen LogP contribution in [0.3, 0.4) is 0 Å². The minimum atomic E-state index is -0.623. The summed E-state index contributed by atoms with van der Waals surface area (Å²) in [6.45, 7) is 0. The van der Waals surface area contributed by atoms with Crippen LogP contribution in [0.1, 0.15) is 20.9 Å². The fraction of sp³-hybridized carbons (Fsp3) is 0.0500. The van der Waals surface area contributed by atoms with E-state index in [-0.39, 0.29) is 22.1 Å². The summed E-state index contributed by atoms with van der Waals surface area (Å²) in [6, 6.07) is 13.2. The average Bonchev–Trinajstić information content (AvgIpc) is 3.29. The molecule has 2 amide bonds. The van der Waals surface area contributed by atoms with Crippen LogP contribution in [0.5, 0.6) is 5.75 Å². The Labute approximate surface area is 181 Å². The molecule has 0 spiro atoms. The zero-order valence-corrected chi connectivity index (χ0v) is 16.9. The van der Waals surface area contributed by atoms with Crippen molar-refractivity contribution in [1.82, 2.24) is 5.32 Å². The number of nitrogens with zero attached hydrogens (tertiary/aromatic N) is 1. The van der Waals surface area contributed by atoms with Crippen molar-refractivity contribution in [2.75, 3.05) is 17.7 Å². The maximum absolute atomic E-state index is 12.4. The van der Waals surface area contributed by atoms with E-state index in [2.05, 4.69) is 16.0 Å². The molecular weight excluding hydrogens is 424 g/mol. The highest BCUT2D eigenvalue weighted by atomic mass is 32.1. The van der Waals surface area contributed by atoms with Crippen LogP contribution in [0, 0.1) is 10.1 Å². The predicted octanol–water partition coefficient (Wildman–Crippen LogP) is 3.58. The van der Waals surface area contributed by atoms with Gasteiger partial charge in [0.1, 0.15) is 5.75 Å². The van der Waals surface area contributed by atoms with Gasteiger partial charge in [0, 0.05) is 23.4 Å². The molecule has 3 rings (SSSR count). The fourth-order valence-corrected chi connectivity index (χ4v) is 2.78. The lowest BCUT2D eigenvalue weighted by molar-refractivity contribution is -0.384. The summed E-state index contributed by atoms with van der Waals surface area (Å²) in [4.78, 5) is 34.8. The van der Waals surface area contributed by atoms with Crippen molar-refractivity contribution < 1.29 is 23.7 Å². The Hall–Kier alpha value is -4.25. The van der Waals surface area contributed by atoms with Gasteiger partial charge in [-0.05, 0) is 48.6 Å². The highest BCUT2D eigenvalue weighted by molar-refractivity contribution is 7.80. The lowest BCUT2D eigenvalue weighted by atomic mass is 10.2. The molecule has 0 saturated carbocycles. The Morgan fingerprint density at radius 1 is 1.06 bits per heavy atom. The van der Waals surface area contributed by atoms with E-state index in [1.807, 2.05) is 0 Å². The second kappa shape index (κ2) is 9.50. The van der Waals surface area contributed by atoms with E-state index in [0.29, 0.717) is 17.1 Å². The van der Waals surface area contributed by atoms with Crippen LogP contribution in [-0.2, 0) is 0 Å². The van der Waals surface area contributed by atoms with Crippen molar-refractivity contribution in [1.29, 1.82) is 0 Å². The van der Waals surface area contributed by atoms with Gasteiger partial charge in [-0.25, -0.2) is 0 Å². The van der Waals surface area contributed by atoms with Crippen LogP contribution < -0.4 is 20.7 Å². The standard InChI is InChI=1S/C20H16N4O6S/c1-29-16-8-7-13(21-19(26)17-6-3-9-30-17)11-15(16)22-20(31)23-18(25)12-4-2-5-14(10-12)24(27)28/h2-11H,1H3,(H,21,26)(H2,22,23,25,31). The molecule has 0 unspecified atom stereocenters. The number of non-ortho nitro benzene ring substituents is 1. The quantitative estimate of drug-likeness (QED) is 0.301. The van der Waals surface area contributed by atoms with Gasteiger partial charge in [-0.1, -0.05) is 6.07 Å². The van der Waals surface area contributed by atoms with E-state index in [1.54, 1.807) is 24.3 Å². The number of carbonyl (C=O) groups excluding carboxylic acids is 2. The number of carbonyl (C=O) groups is 2. The number of ether oxygens (including phenoxy) is 1. The highest BCUT2D eigenvalue weighted by Crippen LogP contribution is 2.28. The number of anilines is 2. The minimum absolute atomic E-state index is 0.0654. The second-order valence-corrected chi connectivity index (χ2v) is 6.47. The summed E-state index contributed by atoms with van der Waals surface area (Å²) < 4.78 is 10.3. The largest absolute Gasteiger partial charge is 0.495 e. The number of nitrogens with one attached hydrogen (secondary N) is 3. The Morgan fingerprint density at radius 3 is 2.55 bits per heavy atom. The van der Waals surface area contributed by atoms with Crippen LogP contribution >= 0.6 is 12.2 Å². The maximum atomic E-state index is 12.4. The Kier molecular flexibility index (Phi) is 6.58. The van der Waals surface area contributed by atoms with Crippen molar-refractivity contribution in [3.8, 4) is 5.75 Å². The highest BCUT2D eigenvalue weighted by Gasteiger charge is 2.15. The van der Waals surface area contributed by atoms with Crippen molar-refractivity contribution in [2.24, 2.45) is 0 Å². The number of nitro groups is 1. The molecule has 0 aliphatic carbocycles. The van der Waals surface area contributed by atoms with E-state index in [9.17, 15) is 19.7 Å². The third kappa shape index (κ3) is 5.42. The minimum Gasteiger partial charge on any atom is -0.495 e. The molecule has 158 valence electrons. The molecule has 0 radical (unpaired) electrons. The monoisotopic (exact) mass is 440 g/mol. The lowest BCUT2D eigenvalue weighted by Gasteiger charge is -2.14. The molecule has 0 fully saturated rings. The van der Waals surface area contributed by atoms with Gasteiger partial charge in [-0.15, -0.1) is 0 Å². The Morgan fingerprint density at radius 2 is 1.87 bits per heavy atom. The molecule has 10 nitrogen and oxygen atoms in total. The molecule has 3 aromatic rings. The number of thiocarbonyl (C=S) groups is 1. The van der Waals surface area contributed by atoms with Gasteiger partial charge in [-0.2, -0.15) is 0 Å². The van der Waals surface area contributed by atoms with Crippen molar-refractivity contribution in [2.45, 2.75) is 0 Å². The molecular formula is C20H16N4O6S. The molecule has 2 aromatic carbocycles. The van der Waals surface area contributed by atoms with Crippen molar-refractivity contribution in [3.05, 3.63) is 82.3 Å². The molecule has 0 atom stereocenters. The van der Waals surface area contributed by atoms with Gasteiger partial charge < -0.3 is 19.8 Å². The summed E-state index contributed by atoms with van der Waals surface area (Å²) in [7, 11) is 1.45. The van der Waals surface area contributed by atoms with Crippen LogP contribution in [0.4, 0.5) is 17.1 Å². The molecule has 3 N–H and O–H groups in total. The third-order valence-electron chi connectivity index (χ3n) is 4.00. The molecule has 0 aliphatic rings. The Balaban J connectivity index is 1.71. The molecule has 0 aliphatic heterocycles. The summed E-state index contributed by atoms with van der Waals surface area (Å²) >= 11 is 5.17. The first-order valence-corrected chi connectivity index (χ1v) is 9.18. The second-order valence-electron chi connectivity index (χ2n) is 6.06.